The number of nitrogens with two attached hydrogens (primary N) is 1. The van der Waals surface area contributed by atoms with Crippen LogP contribution in [0.2, 0.25) is 0 Å². The highest BCUT2D eigenvalue weighted by atomic mass is 32.2. The van der Waals surface area contributed by atoms with Crippen molar-refractivity contribution in [1.29, 1.82) is 0 Å². The van der Waals surface area contributed by atoms with Gasteiger partial charge < -0.3 is 10.6 Å². The third-order valence-electron chi connectivity index (χ3n) is 3.45. The highest BCUT2D eigenvalue weighted by Gasteiger charge is 2.36. The molecule has 0 amide bonds. The molecule has 1 unspecified atom stereocenters. The van der Waals surface area contributed by atoms with Gasteiger partial charge in [-0.3, -0.25) is 0 Å². The Labute approximate surface area is 101 Å². The first-order chi connectivity index (χ1) is 7.86. The summed E-state index contributed by atoms with van der Waals surface area (Å²) in [6, 6.07) is 9.79. The number of anilines is 2. The molecule has 0 aromatic heterocycles. The summed E-state index contributed by atoms with van der Waals surface area (Å²) >= 11 is 2.07. The van der Waals surface area contributed by atoms with Crippen LogP contribution in [0.25, 0.3) is 0 Å². The summed E-state index contributed by atoms with van der Waals surface area (Å²) < 4.78 is 0. The van der Waals surface area contributed by atoms with Crippen molar-refractivity contribution in [2.75, 3.05) is 22.1 Å². The lowest BCUT2D eigenvalue weighted by atomic mass is 10.1. The number of nitrogen functional groups attached to an aromatic ring is 1. The first-order valence-electron chi connectivity index (χ1n) is 6.07. The Bertz CT molecular complexity index is 370. The molecule has 1 aliphatic carbocycles. The normalized spacial score (nSPS) is 24.6. The molecule has 2 fully saturated rings. The molecule has 3 rings (SSSR count). The van der Waals surface area contributed by atoms with E-state index in [9.17, 15) is 0 Å². The smallest absolute Gasteiger partial charge is 0.0605 e. The fourth-order valence-electron chi connectivity index (χ4n) is 2.51. The topological polar surface area (TPSA) is 29.3 Å². The molecule has 1 aromatic rings. The monoisotopic (exact) mass is 234 g/mol. The number of nitrogens with zero attached hydrogens (tertiary/aromatic N) is 1. The van der Waals surface area contributed by atoms with Crippen molar-refractivity contribution in [3.8, 4) is 0 Å². The van der Waals surface area contributed by atoms with E-state index in [0.717, 1.165) is 11.7 Å². The van der Waals surface area contributed by atoms with E-state index >= 15 is 0 Å². The second-order valence-corrected chi connectivity index (χ2v) is 5.86. The molecule has 1 aromatic carbocycles. The van der Waals surface area contributed by atoms with Crippen LogP contribution in [0.3, 0.4) is 0 Å². The number of rotatable bonds is 3. The van der Waals surface area contributed by atoms with E-state index in [4.69, 9.17) is 5.73 Å². The Morgan fingerprint density at radius 2 is 1.94 bits per heavy atom. The van der Waals surface area contributed by atoms with E-state index in [2.05, 4.69) is 28.8 Å². The van der Waals surface area contributed by atoms with E-state index in [-0.39, 0.29) is 0 Å². The summed E-state index contributed by atoms with van der Waals surface area (Å²) in [5, 5.41) is 0. The van der Waals surface area contributed by atoms with Crippen LogP contribution < -0.4 is 10.6 Å². The van der Waals surface area contributed by atoms with E-state index in [1.807, 2.05) is 12.1 Å². The summed E-state index contributed by atoms with van der Waals surface area (Å²) in [4.78, 5) is 2.59. The van der Waals surface area contributed by atoms with Crippen molar-refractivity contribution >= 4 is 23.1 Å². The van der Waals surface area contributed by atoms with Crippen LogP contribution in [-0.2, 0) is 0 Å². The molecule has 86 valence electrons. The first kappa shape index (κ1) is 10.3. The lowest BCUT2D eigenvalue weighted by molar-refractivity contribution is 0.641. The molecule has 1 heterocycles. The second kappa shape index (κ2) is 4.21. The quantitative estimate of drug-likeness (QED) is 0.815. The van der Waals surface area contributed by atoms with Crippen molar-refractivity contribution in [2.24, 2.45) is 0 Å². The molecule has 16 heavy (non-hydrogen) atoms. The van der Waals surface area contributed by atoms with Crippen molar-refractivity contribution in [1.82, 2.24) is 0 Å². The van der Waals surface area contributed by atoms with Crippen LogP contribution in [0.1, 0.15) is 19.3 Å². The maximum absolute atomic E-state index is 6.11. The van der Waals surface area contributed by atoms with Gasteiger partial charge in [-0.1, -0.05) is 12.1 Å². The molecule has 0 bridgehead atoms. The van der Waals surface area contributed by atoms with E-state index < -0.39 is 0 Å². The fraction of sp³-hybridized carbons (Fsp3) is 0.538. The van der Waals surface area contributed by atoms with Crippen molar-refractivity contribution in [3.63, 3.8) is 0 Å². The number of benzene rings is 1. The van der Waals surface area contributed by atoms with Gasteiger partial charge in [-0.25, -0.2) is 0 Å². The van der Waals surface area contributed by atoms with E-state index in [0.29, 0.717) is 6.04 Å². The lowest BCUT2D eigenvalue weighted by Crippen LogP contribution is -2.37. The van der Waals surface area contributed by atoms with Gasteiger partial charge in [0.25, 0.3) is 0 Å². The predicted molar refractivity (Wildman–Crippen MR) is 72.1 cm³/mol. The summed E-state index contributed by atoms with van der Waals surface area (Å²) in [6.45, 7) is 0. The highest BCUT2D eigenvalue weighted by molar-refractivity contribution is 7.99. The maximum Gasteiger partial charge on any atom is 0.0605 e. The van der Waals surface area contributed by atoms with Gasteiger partial charge in [-0.05, 0) is 37.1 Å². The van der Waals surface area contributed by atoms with Gasteiger partial charge in [0, 0.05) is 17.8 Å². The van der Waals surface area contributed by atoms with Crippen LogP contribution in [0.5, 0.6) is 0 Å². The third kappa shape index (κ3) is 1.88. The standard InChI is InChI=1S/C13H18N2S/c14-12-3-1-2-4-13(12)15(10-5-6-10)11-7-8-16-9-11/h1-4,10-11H,5-9,14H2. The number of thioether (sulfide) groups is 1. The zero-order chi connectivity index (χ0) is 11.0. The highest BCUT2D eigenvalue weighted by Crippen LogP contribution is 2.39. The van der Waals surface area contributed by atoms with Crippen LogP contribution in [-0.4, -0.2) is 23.6 Å². The molecule has 2 N–H and O–H groups in total. The minimum absolute atomic E-state index is 0.710. The summed E-state index contributed by atoms with van der Waals surface area (Å²) in [6.07, 6.45) is 4.00. The molecular formula is C13H18N2S. The molecule has 1 atom stereocenters. The minimum Gasteiger partial charge on any atom is -0.397 e. The Kier molecular flexibility index (Phi) is 2.72. The van der Waals surface area contributed by atoms with Crippen LogP contribution >= 0.6 is 11.8 Å². The lowest BCUT2D eigenvalue weighted by Gasteiger charge is -2.31. The van der Waals surface area contributed by atoms with Gasteiger partial charge in [-0.2, -0.15) is 11.8 Å². The molecular weight excluding hydrogens is 216 g/mol. The number of para-hydroxylation sites is 2. The summed E-state index contributed by atoms with van der Waals surface area (Å²) in [5.41, 5.74) is 8.30. The number of hydrogen-bond donors (Lipinski definition) is 1. The van der Waals surface area contributed by atoms with Crippen molar-refractivity contribution < 1.29 is 0 Å². The van der Waals surface area contributed by atoms with Crippen LogP contribution in [0, 0.1) is 0 Å². The van der Waals surface area contributed by atoms with Gasteiger partial charge in [0.05, 0.1) is 11.4 Å². The molecule has 3 heteroatoms. The third-order valence-corrected chi connectivity index (χ3v) is 4.60. The van der Waals surface area contributed by atoms with Crippen LogP contribution in [0.4, 0.5) is 11.4 Å². The zero-order valence-electron chi connectivity index (χ0n) is 9.43. The first-order valence-corrected chi connectivity index (χ1v) is 7.22. The Balaban J connectivity index is 1.90. The predicted octanol–water partition coefficient (Wildman–Crippen LogP) is 2.74. The van der Waals surface area contributed by atoms with Gasteiger partial charge in [-0.15, -0.1) is 0 Å². The van der Waals surface area contributed by atoms with Crippen molar-refractivity contribution in [3.05, 3.63) is 24.3 Å². The van der Waals surface area contributed by atoms with E-state index in [1.54, 1.807) is 0 Å². The number of hydrogen-bond acceptors (Lipinski definition) is 3. The molecule has 2 aliphatic rings. The fourth-order valence-corrected chi connectivity index (χ4v) is 3.71. The summed E-state index contributed by atoms with van der Waals surface area (Å²) in [5.74, 6) is 2.57. The molecule has 1 saturated heterocycles. The van der Waals surface area contributed by atoms with E-state index in [1.165, 1.54) is 36.5 Å². The Hall–Kier alpha value is -0.830. The summed E-state index contributed by atoms with van der Waals surface area (Å²) in [7, 11) is 0. The van der Waals surface area contributed by atoms with Gasteiger partial charge in [0.1, 0.15) is 0 Å². The molecule has 0 spiro atoms. The van der Waals surface area contributed by atoms with Gasteiger partial charge >= 0.3 is 0 Å². The SMILES string of the molecule is Nc1ccccc1N(C1CC1)C1CCSC1. The maximum atomic E-state index is 6.11. The largest absolute Gasteiger partial charge is 0.397 e. The van der Waals surface area contributed by atoms with Gasteiger partial charge in [0.15, 0.2) is 0 Å². The average Bonchev–Trinajstić information content (AvgIpc) is 2.97. The average molecular weight is 234 g/mol. The Morgan fingerprint density at radius 3 is 2.56 bits per heavy atom. The molecule has 1 saturated carbocycles. The zero-order valence-corrected chi connectivity index (χ0v) is 10.2. The van der Waals surface area contributed by atoms with Crippen LogP contribution in [0.15, 0.2) is 24.3 Å². The molecule has 2 nitrogen and oxygen atoms in total. The van der Waals surface area contributed by atoms with Gasteiger partial charge in [0.2, 0.25) is 0 Å². The molecule has 0 radical (unpaired) electrons. The van der Waals surface area contributed by atoms with Crippen molar-refractivity contribution in [2.45, 2.75) is 31.3 Å². The minimum atomic E-state index is 0.710. The Morgan fingerprint density at radius 1 is 1.12 bits per heavy atom. The second-order valence-electron chi connectivity index (χ2n) is 4.71. The molecule has 1 aliphatic heterocycles.